The lowest BCUT2D eigenvalue weighted by Crippen LogP contribution is -2.26. The second-order valence-electron chi connectivity index (χ2n) is 5.18. The van der Waals surface area contributed by atoms with Crippen LogP contribution in [0.25, 0.3) is 0 Å². The maximum absolute atomic E-state index is 5.90. The van der Waals surface area contributed by atoms with Crippen molar-refractivity contribution < 1.29 is 0 Å². The zero-order chi connectivity index (χ0) is 11.5. The van der Waals surface area contributed by atoms with Gasteiger partial charge in [-0.05, 0) is 23.5 Å². The topological polar surface area (TPSA) is 29.3 Å². The van der Waals surface area contributed by atoms with Crippen LogP contribution in [0.1, 0.15) is 37.3 Å². The van der Waals surface area contributed by atoms with E-state index in [4.69, 9.17) is 5.73 Å². The highest BCUT2D eigenvalue weighted by molar-refractivity contribution is 5.85. The molecule has 1 aromatic rings. The molecule has 1 fully saturated rings. The quantitative estimate of drug-likeness (QED) is 0.899. The van der Waals surface area contributed by atoms with Crippen molar-refractivity contribution in [3.8, 4) is 0 Å². The maximum atomic E-state index is 5.90. The molecule has 1 atom stereocenters. The fraction of sp³-hybridized carbons (Fsp3) is 0.571. The predicted octanol–water partition coefficient (Wildman–Crippen LogP) is 2.76. The Morgan fingerprint density at radius 3 is 2.41 bits per heavy atom. The highest BCUT2D eigenvalue weighted by Crippen LogP contribution is 2.17. The van der Waals surface area contributed by atoms with Crippen LogP contribution in [0.3, 0.4) is 0 Å². The van der Waals surface area contributed by atoms with Crippen LogP contribution in [-0.2, 0) is 6.54 Å². The van der Waals surface area contributed by atoms with Gasteiger partial charge in [0.05, 0.1) is 0 Å². The van der Waals surface area contributed by atoms with Gasteiger partial charge in [-0.25, -0.2) is 0 Å². The van der Waals surface area contributed by atoms with Gasteiger partial charge in [0.2, 0.25) is 0 Å². The standard InChI is InChI=1S/C14H22N2.ClH/c1-11(2)13-5-3-12(4-6-13)9-16-8-7-14(15)10-16;/h3-6,11,14H,7-10,15H2,1-2H3;1H/t14-;/m0./s1. The number of hydrogen-bond acceptors (Lipinski definition) is 2. The molecular weight excluding hydrogens is 232 g/mol. The van der Waals surface area contributed by atoms with Crippen LogP contribution in [0.4, 0.5) is 0 Å². The van der Waals surface area contributed by atoms with E-state index < -0.39 is 0 Å². The first-order valence-corrected chi connectivity index (χ1v) is 6.22. The van der Waals surface area contributed by atoms with Gasteiger partial charge in [0, 0.05) is 25.7 Å². The summed E-state index contributed by atoms with van der Waals surface area (Å²) < 4.78 is 0. The van der Waals surface area contributed by atoms with Crippen LogP contribution < -0.4 is 5.73 Å². The molecule has 0 unspecified atom stereocenters. The van der Waals surface area contributed by atoms with E-state index >= 15 is 0 Å². The lowest BCUT2D eigenvalue weighted by molar-refractivity contribution is 0.327. The summed E-state index contributed by atoms with van der Waals surface area (Å²) >= 11 is 0. The third-order valence-electron chi connectivity index (χ3n) is 3.36. The number of nitrogens with zero attached hydrogens (tertiary/aromatic N) is 1. The molecule has 3 heteroatoms. The van der Waals surface area contributed by atoms with Gasteiger partial charge in [-0.15, -0.1) is 12.4 Å². The molecule has 2 rings (SSSR count). The van der Waals surface area contributed by atoms with Crippen molar-refractivity contribution in [3.63, 3.8) is 0 Å². The monoisotopic (exact) mass is 254 g/mol. The van der Waals surface area contributed by atoms with Crippen molar-refractivity contribution in [2.45, 2.75) is 38.8 Å². The van der Waals surface area contributed by atoms with Crippen LogP contribution in [0.2, 0.25) is 0 Å². The van der Waals surface area contributed by atoms with Crippen molar-refractivity contribution in [1.29, 1.82) is 0 Å². The van der Waals surface area contributed by atoms with Gasteiger partial charge in [0.1, 0.15) is 0 Å². The summed E-state index contributed by atoms with van der Waals surface area (Å²) in [7, 11) is 0. The van der Waals surface area contributed by atoms with Crippen LogP contribution >= 0.6 is 12.4 Å². The SMILES string of the molecule is CC(C)c1ccc(CN2CC[C@H](N)C2)cc1.Cl. The summed E-state index contributed by atoms with van der Waals surface area (Å²) in [6, 6.07) is 9.37. The Balaban J connectivity index is 0.00000144. The van der Waals surface area contributed by atoms with E-state index in [-0.39, 0.29) is 12.4 Å². The van der Waals surface area contributed by atoms with Crippen LogP contribution in [0.15, 0.2) is 24.3 Å². The molecule has 0 radical (unpaired) electrons. The van der Waals surface area contributed by atoms with Gasteiger partial charge in [-0.3, -0.25) is 4.90 Å². The van der Waals surface area contributed by atoms with E-state index in [1.54, 1.807) is 0 Å². The summed E-state index contributed by atoms with van der Waals surface area (Å²) in [4.78, 5) is 2.44. The van der Waals surface area contributed by atoms with Gasteiger partial charge in [0.15, 0.2) is 0 Å². The Kier molecular flexibility index (Phi) is 5.44. The van der Waals surface area contributed by atoms with Crippen molar-refractivity contribution in [2.75, 3.05) is 13.1 Å². The molecule has 1 saturated heterocycles. The van der Waals surface area contributed by atoms with E-state index in [1.165, 1.54) is 11.1 Å². The molecule has 0 amide bonds. The van der Waals surface area contributed by atoms with Crippen molar-refractivity contribution in [3.05, 3.63) is 35.4 Å². The number of benzene rings is 1. The van der Waals surface area contributed by atoms with Crippen molar-refractivity contribution in [2.24, 2.45) is 5.73 Å². The molecule has 0 bridgehead atoms. The first kappa shape index (κ1) is 14.5. The Morgan fingerprint density at radius 1 is 1.29 bits per heavy atom. The van der Waals surface area contributed by atoms with E-state index in [0.29, 0.717) is 12.0 Å². The van der Waals surface area contributed by atoms with Crippen molar-refractivity contribution >= 4 is 12.4 Å². The molecule has 1 aromatic carbocycles. The Labute approximate surface area is 111 Å². The van der Waals surface area contributed by atoms with Crippen LogP contribution in [0, 0.1) is 0 Å². The molecule has 0 spiro atoms. The van der Waals surface area contributed by atoms with Gasteiger partial charge in [-0.2, -0.15) is 0 Å². The molecular formula is C14H23ClN2. The fourth-order valence-electron chi connectivity index (χ4n) is 2.27. The van der Waals surface area contributed by atoms with E-state index in [9.17, 15) is 0 Å². The molecule has 0 saturated carbocycles. The molecule has 1 aliphatic rings. The van der Waals surface area contributed by atoms with Gasteiger partial charge < -0.3 is 5.73 Å². The third kappa shape index (κ3) is 3.98. The zero-order valence-corrected chi connectivity index (χ0v) is 11.5. The highest BCUT2D eigenvalue weighted by Gasteiger charge is 2.18. The summed E-state index contributed by atoms with van der Waals surface area (Å²) in [5.41, 5.74) is 8.72. The number of likely N-dealkylation sites (tertiary alicyclic amines) is 1. The Morgan fingerprint density at radius 2 is 1.94 bits per heavy atom. The number of hydrogen-bond donors (Lipinski definition) is 1. The van der Waals surface area contributed by atoms with Gasteiger partial charge in [-0.1, -0.05) is 38.1 Å². The average molecular weight is 255 g/mol. The largest absolute Gasteiger partial charge is 0.326 e. The average Bonchev–Trinajstić information content (AvgIpc) is 2.65. The lowest BCUT2D eigenvalue weighted by Gasteiger charge is -2.15. The summed E-state index contributed by atoms with van der Waals surface area (Å²) in [6.45, 7) is 7.70. The first-order valence-electron chi connectivity index (χ1n) is 6.22. The van der Waals surface area contributed by atoms with Crippen LogP contribution in [-0.4, -0.2) is 24.0 Å². The number of halogens is 1. The second-order valence-corrected chi connectivity index (χ2v) is 5.18. The van der Waals surface area contributed by atoms with E-state index in [0.717, 1.165) is 26.1 Å². The number of nitrogens with two attached hydrogens (primary N) is 1. The third-order valence-corrected chi connectivity index (χ3v) is 3.36. The molecule has 1 heterocycles. The maximum Gasteiger partial charge on any atom is 0.0234 e. The minimum absolute atomic E-state index is 0. The first-order chi connectivity index (χ1) is 7.65. The zero-order valence-electron chi connectivity index (χ0n) is 10.7. The fourth-order valence-corrected chi connectivity index (χ4v) is 2.27. The summed E-state index contributed by atoms with van der Waals surface area (Å²) in [5, 5.41) is 0. The Bertz CT molecular complexity index is 335. The minimum Gasteiger partial charge on any atom is -0.326 e. The van der Waals surface area contributed by atoms with Gasteiger partial charge in [0.25, 0.3) is 0 Å². The predicted molar refractivity (Wildman–Crippen MR) is 75.6 cm³/mol. The van der Waals surface area contributed by atoms with E-state index in [2.05, 4.69) is 43.0 Å². The minimum atomic E-state index is 0. The molecule has 0 aliphatic carbocycles. The molecule has 1 aliphatic heterocycles. The highest BCUT2D eigenvalue weighted by atomic mass is 35.5. The molecule has 96 valence electrons. The second kappa shape index (κ2) is 6.39. The molecule has 2 N–H and O–H groups in total. The molecule has 0 aromatic heterocycles. The smallest absolute Gasteiger partial charge is 0.0234 e. The van der Waals surface area contributed by atoms with Crippen molar-refractivity contribution in [1.82, 2.24) is 4.90 Å². The molecule has 2 nitrogen and oxygen atoms in total. The molecule has 17 heavy (non-hydrogen) atoms. The van der Waals surface area contributed by atoms with Gasteiger partial charge >= 0.3 is 0 Å². The Hall–Kier alpha value is -0.570. The van der Waals surface area contributed by atoms with E-state index in [1.807, 2.05) is 0 Å². The summed E-state index contributed by atoms with van der Waals surface area (Å²) in [5.74, 6) is 0.620. The summed E-state index contributed by atoms with van der Waals surface area (Å²) in [6.07, 6.45) is 1.14. The normalized spacial score (nSPS) is 20.6. The lowest BCUT2D eigenvalue weighted by atomic mass is 10.0. The number of rotatable bonds is 3. The van der Waals surface area contributed by atoms with Crippen LogP contribution in [0.5, 0.6) is 0 Å².